The van der Waals surface area contributed by atoms with Crippen molar-refractivity contribution < 1.29 is 9.53 Å². The Bertz CT molecular complexity index is 1170. The van der Waals surface area contributed by atoms with Crippen LogP contribution in [0.25, 0.3) is 10.2 Å². The largest absolute Gasteiger partial charge is 0.383 e. The Hall–Kier alpha value is -2.82. The van der Waals surface area contributed by atoms with Gasteiger partial charge in [-0.15, -0.1) is 11.3 Å². The smallest absolute Gasteiger partial charge is 0.263 e. The molecule has 1 unspecified atom stereocenters. The zero-order valence-electron chi connectivity index (χ0n) is 20.6. The van der Waals surface area contributed by atoms with Crippen molar-refractivity contribution in [2.24, 2.45) is 0 Å². The summed E-state index contributed by atoms with van der Waals surface area (Å²) in [5, 5.41) is 6.74. The van der Waals surface area contributed by atoms with Crippen LogP contribution < -0.4 is 15.5 Å². The Labute approximate surface area is 209 Å². The van der Waals surface area contributed by atoms with Gasteiger partial charge in [-0.2, -0.15) is 0 Å². The molecule has 1 amide bonds. The molecule has 1 atom stereocenters. The molecule has 2 N–H and O–H groups in total. The molecule has 4 heterocycles. The molecule has 1 saturated carbocycles. The van der Waals surface area contributed by atoms with E-state index in [4.69, 9.17) is 9.72 Å². The molecule has 1 aliphatic heterocycles. The summed E-state index contributed by atoms with van der Waals surface area (Å²) in [7, 11) is 5.34. The molecule has 5 rings (SSSR count). The molecule has 0 bridgehead atoms. The van der Waals surface area contributed by atoms with Crippen molar-refractivity contribution in [2.45, 2.75) is 37.6 Å². The van der Waals surface area contributed by atoms with Gasteiger partial charge in [-0.3, -0.25) is 4.79 Å². The van der Waals surface area contributed by atoms with Crippen LogP contribution in [0.2, 0.25) is 0 Å². The number of hydrogen-bond acceptors (Lipinski definition) is 9. The maximum absolute atomic E-state index is 12.9. The summed E-state index contributed by atoms with van der Waals surface area (Å²) in [6, 6.07) is 4.35. The molecule has 3 aromatic rings. The van der Waals surface area contributed by atoms with E-state index in [1.54, 1.807) is 26.1 Å². The number of ether oxygens (including phenoxy) is 1. The van der Waals surface area contributed by atoms with Gasteiger partial charge in [0, 0.05) is 52.4 Å². The number of carbonyl (C=O) groups is 1. The van der Waals surface area contributed by atoms with Crippen molar-refractivity contribution in [3.8, 4) is 0 Å². The topological polar surface area (TPSA) is 95.5 Å². The average molecular weight is 496 g/mol. The van der Waals surface area contributed by atoms with E-state index < -0.39 is 0 Å². The number of fused-ring (bicyclic) bond motifs is 1. The van der Waals surface area contributed by atoms with Crippen molar-refractivity contribution >= 4 is 44.9 Å². The first-order valence-electron chi connectivity index (χ1n) is 12.2. The maximum atomic E-state index is 12.9. The van der Waals surface area contributed by atoms with Crippen LogP contribution in [0.5, 0.6) is 0 Å². The van der Waals surface area contributed by atoms with E-state index in [0.29, 0.717) is 30.3 Å². The molecule has 2 aliphatic rings. The second-order valence-electron chi connectivity index (χ2n) is 9.51. The Balaban J connectivity index is 1.37. The molecular formula is C25H33N7O2S. The number of piperazine rings is 1. The lowest BCUT2D eigenvalue weighted by Gasteiger charge is -2.34. The van der Waals surface area contributed by atoms with E-state index in [-0.39, 0.29) is 5.91 Å². The highest BCUT2D eigenvalue weighted by atomic mass is 32.1. The highest BCUT2D eigenvalue weighted by Crippen LogP contribution is 2.43. The second-order valence-corrected chi connectivity index (χ2v) is 10.6. The lowest BCUT2D eigenvalue weighted by molar-refractivity contribution is 0.0831. The lowest BCUT2D eigenvalue weighted by atomic mass is 9.96. The minimum Gasteiger partial charge on any atom is -0.383 e. The van der Waals surface area contributed by atoms with Gasteiger partial charge in [-0.1, -0.05) is 12.8 Å². The van der Waals surface area contributed by atoms with E-state index in [1.165, 1.54) is 24.2 Å². The number of nitrogens with zero attached hydrogens (tertiary/aromatic N) is 5. The number of nitrogens with one attached hydrogen (secondary N) is 2. The van der Waals surface area contributed by atoms with Crippen LogP contribution in [0.1, 0.15) is 46.8 Å². The number of hydrogen-bond donors (Lipinski definition) is 2. The zero-order valence-corrected chi connectivity index (χ0v) is 21.4. The molecule has 3 aromatic heterocycles. The molecule has 1 aliphatic carbocycles. The monoisotopic (exact) mass is 495 g/mol. The van der Waals surface area contributed by atoms with Crippen molar-refractivity contribution in [3.63, 3.8) is 0 Å². The number of carbonyl (C=O) groups excluding carboxylic acids is 1. The van der Waals surface area contributed by atoms with E-state index >= 15 is 0 Å². The van der Waals surface area contributed by atoms with Crippen LogP contribution >= 0.6 is 11.3 Å². The number of amides is 1. The average Bonchev–Trinajstić information content (AvgIpc) is 3.52. The third kappa shape index (κ3) is 5.10. The van der Waals surface area contributed by atoms with Crippen LogP contribution in [0.4, 0.5) is 17.5 Å². The van der Waals surface area contributed by atoms with Crippen LogP contribution in [0.3, 0.4) is 0 Å². The van der Waals surface area contributed by atoms with Gasteiger partial charge in [0.15, 0.2) is 0 Å². The third-order valence-electron chi connectivity index (χ3n) is 6.81. The van der Waals surface area contributed by atoms with Gasteiger partial charge in [0.2, 0.25) is 5.95 Å². The van der Waals surface area contributed by atoms with E-state index in [2.05, 4.69) is 31.6 Å². The van der Waals surface area contributed by atoms with E-state index in [9.17, 15) is 4.79 Å². The molecule has 9 nitrogen and oxygen atoms in total. The Kier molecular flexibility index (Phi) is 7.12. The van der Waals surface area contributed by atoms with Crippen LogP contribution in [-0.2, 0) is 4.74 Å². The predicted octanol–water partition coefficient (Wildman–Crippen LogP) is 3.61. The molecular weight excluding hydrogens is 462 g/mol. The lowest BCUT2D eigenvalue weighted by Crippen LogP contribution is -2.52. The summed E-state index contributed by atoms with van der Waals surface area (Å²) in [6.07, 6.45) is 8.32. The quantitative estimate of drug-likeness (QED) is 0.513. The fourth-order valence-corrected chi connectivity index (χ4v) is 6.28. The summed E-state index contributed by atoms with van der Waals surface area (Å²) in [5.41, 5.74) is 3.08. The highest BCUT2D eigenvalue weighted by molar-refractivity contribution is 7.21. The van der Waals surface area contributed by atoms with Gasteiger partial charge in [-0.25, -0.2) is 15.0 Å². The number of rotatable bonds is 7. The van der Waals surface area contributed by atoms with Gasteiger partial charge in [0.25, 0.3) is 5.91 Å². The van der Waals surface area contributed by atoms with Gasteiger partial charge >= 0.3 is 0 Å². The van der Waals surface area contributed by atoms with Crippen molar-refractivity contribution in [1.29, 1.82) is 0 Å². The van der Waals surface area contributed by atoms with Gasteiger partial charge in [-0.05, 0) is 30.9 Å². The number of pyridine rings is 1. The molecule has 10 heteroatoms. The van der Waals surface area contributed by atoms with Gasteiger partial charge < -0.3 is 25.2 Å². The molecule has 1 saturated heterocycles. The van der Waals surface area contributed by atoms with Crippen molar-refractivity contribution in [1.82, 2.24) is 25.2 Å². The summed E-state index contributed by atoms with van der Waals surface area (Å²) in [6.45, 7) is 3.43. The minimum atomic E-state index is 0.0438. The number of thiophene rings is 1. The fraction of sp³-hybridized carbons (Fsp3) is 0.520. The van der Waals surface area contributed by atoms with E-state index in [1.807, 2.05) is 18.5 Å². The Morgan fingerprint density at radius 3 is 2.80 bits per heavy atom. The third-order valence-corrected chi connectivity index (χ3v) is 7.92. The molecule has 0 radical (unpaired) electrons. The molecule has 0 aromatic carbocycles. The highest BCUT2D eigenvalue weighted by Gasteiger charge is 2.29. The second kappa shape index (κ2) is 10.4. The maximum Gasteiger partial charge on any atom is 0.263 e. The first-order valence-corrected chi connectivity index (χ1v) is 13.1. The molecule has 0 spiro atoms. The summed E-state index contributed by atoms with van der Waals surface area (Å²) < 4.78 is 6.25. The minimum absolute atomic E-state index is 0.0438. The van der Waals surface area contributed by atoms with Crippen LogP contribution in [0.15, 0.2) is 24.5 Å². The molecule has 2 fully saturated rings. The Morgan fingerprint density at radius 1 is 1.26 bits per heavy atom. The fourth-order valence-electron chi connectivity index (χ4n) is 5.06. The number of methoxy groups -OCH3 is 1. The SMILES string of the molecule is COCC1CN(c2ccc(Nc3ncc4sc(C(=O)N(C)C)c(C5CCCC5)c4n3)nc2)CCN1. The Morgan fingerprint density at radius 2 is 2.09 bits per heavy atom. The van der Waals surface area contributed by atoms with Gasteiger partial charge in [0.1, 0.15) is 5.82 Å². The van der Waals surface area contributed by atoms with Gasteiger partial charge in [0.05, 0.1) is 39.8 Å². The van der Waals surface area contributed by atoms with Crippen LogP contribution in [-0.4, -0.2) is 79.2 Å². The van der Waals surface area contributed by atoms with Crippen LogP contribution in [0, 0.1) is 0 Å². The van der Waals surface area contributed by atoms with Crippen molar-refractivity contribution in [3.05, 3.63) is 35.0 Å². The number of anilines is 3. The molecule has 35 heavy (non-hydrogen) atoms. The molecule has 186 valence electrons. The summed E-state index contributed by atoms with van der Waals surface area (Å²) >= 11 is 1.50. The first kappa shape index (κ1) is 23.9. The zero-order chi connectivity index (χ0) is 24.4. The summed E-state index contributed by atoms with van der Waals surface area (Å²) in [4.78, 5) is 31.7. The predicted molar refractivity (Wildman–Crippen MR) is 140 cm³/mol. The van der Waals surface area contributed by atoms with E-state index in [0.717, 1.165) is 58.8 Å². The number of aromatic nitrogens is 3. The first-order chi connectivity index (χ1) is 17.0. The summed E-state index contributed by atoms with van der Waals surface area (Å²) in [5.74, 6) is 1.62. The normalized spacial score (nSPS) is 18.8. The standard InChI is InChI=1S/C25H33N7O2S/c1-31(2)24(33)23-21(16-6-4-5-7-16)22-19(35-23)13-28-25(30-22)29-20-9-8-18(12-27-20)32-11-10-26-17(14-32)15-34-3/h8-9,12-13,16-17,26H,4-7,10-11,14-15H2,1-3H3,(H,27,28,29,30). The van der Waals surface area contributed by atoms with Crippen molar-refractivity contribution in [2.75, 3.05) is 57.7 Å².